The van der Waals surface area contributed by atoms with Crippen molar-refractivity contribution >= 4 is 35.8 Å². The molecule has 0 aliphatic carbocycles. The Morgan fingerprint density at radius 1 is 0.364 bits per heavy atom. The van der Waals surface area contributed by atoms with E-state index in [1.54, 1.807) is 0 Å². The van der Waals surface area contributed by atoms with E-state index in [-0.39, 0.29) is 171 Å². The molecule has 12 nitrogen and oxygen atoms in total. The Kier molecular flexibility index (Phi) is 56.2. The fraction of sp³-hybridized carbons (Fsp3) is 0. The predicted octanol–water partition coefficient (Wildman–Crippen LogP) is -19.5. The molecule has 22 heavy (non-hydrogen) atoms. The molecule has 0 aromatic carbocycles. The molecule has 0 radical (unpaired) electrons. The Morgan fingerprint density at radius 3 is 0.409 bits per heavy atom. The van der Waals surface area contributed by atoms with E-state index in [0.717, 1.165) is 0 Å². The predicted molar refractivity (Wildman–Crippen MR) is 30.0 cm³/mol. The van der Waals surface area contributed by atoms with Crippen LogP contribution in [0.15, 0.2) is 0 Å². The van der Waals surface area contributed by atoms with Crippen molar-refractivity contribution in [3.05, 3.63) is 0 Å². The number of hydrogen-bond donors (Lipinski definition) is 0. The number of carbonyl (C=O) groups is 6. The maximum atomic E-state index is 8.93. The minimum absolute atomic E-state index is 0. The molecular formula is C6CoK3O12. The Morgan fingerprint density at radius 2 is 0.409 bits per heavy atom. The van der Waals surface area contributed by atoms with Crippen molar-refractivity contribution in [3.8, 4) is 0 Å². The summed E-state index contributed by atoms with van der Waals surface area (Å²) in [7, 11) is 0. The molecule has 0 saturated carbocycles. The molecule has 0 aromatic heterocycles. The summed E-state index contributed by atoms with van der Waals surface area (Å²) in [5.74, 6) is -13.1. The second-order valence-electron chi connectivity index (χ2n) is 1.72. The SMILES string of the molecule is O=C([O-])C(=O)[O-].O=C([O-])C(=O)[O-].O=C([O-])C(=O)[O-].[Co+3].[K+].[K+].[K+]. The van der Waals surface area contributed by atoms with Crippen LogP contribution >= 0.6 is 0 Å². The molecule has 0 amide bonds. The van der Waals surface area contributed by atoms with Gasteiger partial charge < -0.3 is 59.4 Å². The van der Waals surface area contributed by atoms with E-state index in [1.807, 2.05) is 0 Å². The van der Waals surface area contributed by atoms with E-state index >= 15 is 0 Å². The number of carbonyl (C=O) groups excluding carboxylic acids is 6. The summed E-state index contributed by atoms with van der Waals surface area (Å²) in [4.78, 5) is 53.6. The number of aliphatic carboxylic acids is 6. The van der Waals surface area contributed by atoms with Crippen LogP contribution in [-0.2, 0) is 45.5 Å². The summed E-state index contributed by atoms with van der Waals surface area (Å²) < 4.78 is 0. The molecule has 0 heterocycles. The van der Waals surface area contributed by atoms with Gasteiger partial charge in [0.05, 0.1) is 35.8 Å². The van der Waals surface area contributed by atoms with Crippen LogP contribution in [0.25, 0.3) is 0 Å². The standard InChI is InChI=1S/3C2H2O4.Co.3K/c3*3-1(4)2(5)6;;;;/h3*(H,3,4)(H,5,6);;;;/q;;;+3;3*+1/p-6. The van der Waals surface area contributed by atoms with E-state index in [0.29, 0.717) is 0 Å². The molecule has 108 valence electrons. The first-order chi connectivity index (χ1) is 7.93. The van der Waals surface area contributed by atoms with Crippen molar-refractivity contribution in [2.75, 3.05) is 0 Å². The molecule has 0 atom stereocenters. The Bertz CT molecular complexity index is 290. The zero-order valence-corrected chi connectivity index (χ0v) is 21.6. The molecule has 0 aromatic rings. The fourth-order valence-electron chi connectivity index (χ4n) is 0. The van der Waals surface area contributed by atoms with Crippen LogP contribution in [0.4, 0.5) is 0 Å². The Labute approximate surface area is 259 Å². The molecule has 0 rings (SSSR count). The third-order valence-corrected chi connectivity index (χ3v) is 0.500. The smallest absolute Gasteiger partial charge is 0.543 e. The van der Waals surface area contributed by atoms with Gasteiger partial charge in [0.15, 0.2) is 0 Å². The van der Waals surface area contributed by atoms with Crippen LogP contribution in [0.1, 0.15) is 0 Å². The van der Waals surface area contributed by atoms with E-state index in [2.05, 4.69) is 0 Å². The molecule has 0 unspecified atom stereocenters. The van der Waals surface area contributed by atoms with Gasteiger partial charge in [0, 0.05) is 0 Å². The van der Waals surface area contributed by atoms with Crippen LogP contribution in [0.5, 0.6) is 0 Å². The molecule has 0 spiro atoms. The molecular weight excluding hydrogens is 440 g/mol. The second kappa shape index (κ2) is 28.1. The first-order valence-corrected chi connectivity index (χ1v) is 3.20. The normalized spacial score (nSPS) is 6.00. The van der Waals surface area contributed by atoms with Gasteiger partial charge in [-0.15, -0.1) is 0 Å². The maximum absolute atomic E-state index is 8.93. The number of hydrogen-bond acceptors (Lipinski definition) is 12. The molecule has 16 heteroatoms. The summed E-state index contributed by atoms with van der Waals surface area (Å²) in [6.45, 7) is 0. The van der Waals surface area contributed by atoms with Crippen molar-refractivity contribution < 1.29 is 230 Å². The van der Waals surface area contributed by atoms with Gasteiger partial charge in [0.25, 0.3) is 0 Å². The minimum Gasteiger partial charge on any atom is -0.543 e. The van der Waals surface area contributed by atoms with Gasteiger partial charge in [-0.05, 0) is 0 Å². The van der Waals surface area contributed by atoms with E-state index < -0.39 is 35.8 Å². The molecule has 0 bridgehead atoms. The first kappa shape index (κ1) is 44.0. The topological polar surface area (TPSA) is 241 Å². The van der Waals surface area contributed by atoms with Crippen molar-refractivity contribution in [3.63, 3.8) is 0 Å². The zero-order valence-electron chi connectivity index (χ0n) is 11.2. The Balaban J connectivity index is -0.0000000281. The summed E-state index contributed by atoms with van der Waals surface area (Å²) in [5, 5.41) is 53.6. The monoisotopic (exact) mass is 440 g/mol. The summed E-state index contributed by atoms with van der Waals surface area (Å²) in [5.41, 5.74) is 0. The van der Waals surface area contributed by atoms with Gasteiger partial charge >= 0.3 is 171 Å². The van der Waals surface area contributed by atoms with Gasteiger partial charge in [-0.3, -0.25) is 0 Å². The fourth-order valence-corrected chi connectivity index (χ4v) is 0. The Hall–Kier alpha value is 2.24. The average molecular weight is 440 g/mol. The van der Waals surface area contributed by atoms with Crippen molar-refractivity contribution in [1.82, 2.24) is 0 Å². The second-order valence-corrected chi connectivity index (χ2v) is 1.72. The van der Waals surface area contributed by atoms with Crippen molar-refractivity contribution in [2.45, 2.75) is 0 Å². The van der Waals surface area contributed by atoms with Gasteiger partial charge in [0.1, 0.15) is 0 Å². The summed E-state index contributed by atoms with van der Waals surface area (Å²) in [6, 6.07) is 0. The number of rotatable bonds is 0. The third-order valence-electron chi connectivity index (χ3n) is 0.500. The van der Waals surface area contributed by atoms with Gasteiger partial charge in [-0.25, -0.2) is 0 Å². The van der Waals surface area contributed by atoms with Crippen LogP contribution in [-0.4, -0.2) is 35.8 Å². The van der Waals surface area contributed by atoms with Gasteiger partial charge in [-0.2, -0.15) is 0 Å². The van der Waals surface area contributed by atoms with E-state index in [9.17, 15) is 0 Å². The molecule has 0 aliphatic heterocycles. The first-order valence-electron chi connectivity index (χ1n) is 3.20. The van der Waals surface area contributed by atoms with Crippen LogP contribution in [0.3, 0.4) is 0 Å². The van der Waals surface area contributed by atoms with Gasteiger partial charge in [0.2, 0.25) is 0 Å². The maximum Gasteiger partial charge on any atom is 3.00 e. The zero-order chi connectivity index (χ0) is 15.5. The van der Waals surface area contributed by atoms with Crippen molar-refractivity contribution in [2.24, 2.45) is 0 Å². The number of carboxylic acids is 6. The molecule has 0 aliphatic rings. The number of carboxylic acid groups (broad SMARTS) is 6. The van der Waals surface area contributed by atoms with E-state index in [1.165, 1.54) is 0 Å². The summed E-state index contributed by atoms with van der Waals surface area (Å²) >= 11 is 0. The van der Waals surface area contributed by atoms with Crippen LogP contribution < -0.4 is 185 Å². The van der Waals surface area contributed by atoms with Crippen molar-refractivity contribution in [1.29, 1.82) is 0 Å². The van der Waals surface area contributed by atoms with Crippen LogP contribution in [0.2, 0.25) is 0 Å². The largest absolute Gasteiger partial charge is 3.00 e. The molecule has 0 saturated heterocycles. The van der Waals surface area contributed by atoms with E-state index in [4.69, 9.17) is 59.4 Å². The molecule has 0 N–H and O–H groups in total. The van der Waals surface area contributed by atoms with Gasteiger partial charge in [-0.1, -0.05) is 0 Å². The minimum atomic E-state index is -2.19. The quantitative estimate of drug-likeness (QED) is 0.252. The van der Waals surface area contributed by atoms with Crippen LogP contribution in [0, 0.1) is 0 Å². The summed E-state index contributed by atoms with van der Waals surface area (Å²) in [6.07, 6.45) is 0. The average Bonchev–Trinajstić information content (AvgIpc) is 2.18. The molecule has 0 fully saturated rings. The third kappa shape index (κ3) is 49.5.